The molecule has 136 valence electrons. The number of fused-ring (bicyclic) bond motifs is 6. The molecule has 0 aliphatic heterocycles. The molecule has 5 rings (SSSR count). The van der Waals surface area contributed by atoms with E-state index in [1.165, 1.54) is 70.6 Å². The summed E-state index contributed by atoms with van der Waals surface area (Å²) in [5.41, 5.74) is 1.03. The summed E-state index contributed by atoms with van der Waals surface area (Å²) in [5.74, 6) is 1.85. The normalized spacial score (nSPS) is 55.4. The van der Waals surface area contributed by atoms with Gasteiger partial charge < -0.3 is 10.2 Å². The summed E-state index contributed by atoms with van der Waals surface area (Å²) in [5, 5.41) is 21.5. The van der Waals surface area contributed by atoms with Crippen LogP contribution in [0.4, 0.5) is 0 Å². The Labute approximate surface area is 147 Å². The zero-order valence-electron chi connectivity index (χ0n) is 15.5. The van der Waals surface area contributed by atoms with Gasteiger partial charge in [-0.25, -0.2) is 0 Å². The van der Waals surface area contributed by atoms with Crippen molar-refractivity contribution in [2.45, 2.75) is 96.0 Å². The lowest BCUT2D eigenvalue weighted by atomic mass is 9.41. The molecule has 5 aliphatic carbocycles. The Balaban J connectivity index is 1.51. The molecule has 5 aliphatic rings. The Morgan fingerprint density at radius 1 is 0.875 bits per heavy atom. The van der Waals surface area contributed by atoms with Crippen LogP contribution in [0.25, 0.3) is 0 Å². The number of hydrogen-bond donors (Lipinski definition) is 2. The van der Waals surface area contributed by atoms with Gasteiger partial charge in [-0.05, 0) is 98.2 Å². The van der Waals surface area contributed by atoms with Gasteiger partial charge in [0, 0.05) is 6.61 Å². The van der Waals surface area contributed by atoms with Gasteiger partial charge in [-0.2, -0.15) is 0 Å². The summed E-state index contributed by atoms with van der Waals surface area (Å²) in [6, 6.07) is 0. The molecule has 2 N–H and O–H groups in total. The van der Waals surface area contributed by atoms with Crippen molar-refractivity contribution in [1.82, 2.24) is 0 Å². The van der Waals surface area contributed by atoms with Gasteiger partial charge in [-0.1, -0.05) is 26.2 Å². The maximum atomic E-state index is 11.6. The minimum absolute atomic E-state index is 0.365. The van der Waals surface area contributed by atoms with Gasteiger partial charge in [0.1, 0.15) is 0 Å². The summed E-state index contributed by atoms with van der Waals surface area (Å²) in [7, 11) is 0. The molecule has 0 aromatic rings. The van der Waals surface area contributed by atoms with Crippen molar-refractivity contribution in [2.75, 3.05) is 6.61 Å². The van der Waals surface area contributed by atoms with Crippen LogP contribution in [0.2, 0.25) is 0 Å². The highest BCUT2D eigenvalue weighted by atomic mass is 16.3. The first-order chi connectivity index (χ1) is 11.4. The van der Waals surface area contributed by atoms with E-state index in [1.54, 1.807) is 0 Å². The van der Waals surface area contributed by atoms with Crippen molar-refractivity contribution in [3.8, 4) is 0 Å². The summed E-state index contributed by atoms with van der Waals surface area (Å²) in [4.78, 5) is 0. The predicted octanol–water partition coefficient (Wildman–Crippen LogP) is 4.68. The standard InChI is InChI=1S/C22H36O2/c1-19-6-4-9-22(24,15-19)18-13-21(17(18)5-10-19)12-16(14-23)11-20(21)7-2-3-8-20/h16-18,23-24H,2-15H2,1H3/t16-,17+,18+,19-,21-,22+/m0/s1. The lowest BCUT2D eigenvalue weighted by Gasteiger charge is -2.65. The van der Waals surface area contributed by atoms with Gasteiger partial charge >= 0.3 is 0 Å². The van der Waals surface area contributed by atoms with Gasteiger partial charge in [0.25, 0.3) is 0 Å². The molecule has 2 nitrogen and oxygen atoms in total. The van der Waals surface area contributed by atoms with E-state index in [9.17, 15) is 10.2 Å². The summed E-state index contributed by atoms with van der Waals surface area (Å²) >= 11 is 0. The van der Waals surface area contributed by atoms with Crippen LogP contribution in [-0.2, 0) is 0 Å². The smallest absolute Gasteiger partial charge is 0.0684 e. The third-order valence-corrected chi connectivity index (χ3v) is 9.86. The van der Waals surface area contributed by atoms with Crippen LogP contribution in [-0.4, -0.2) is 22.4 Å². The molecule has 0 unspecified atom stereocenters. The monoisotopic (exact) mass is 332 g/mol. The Morgan fingerprint density at radius 2 is 1.67 bits per heavy atom. The summed E-state index contributed by atoms with van der Waals surface area (Å²) in [6.45, 7) is 2.84. The van der Waals surface area contributed by atoms with Crippen LogP contribution in [0, 0.1) is 34.0 Å². The van der Waals surface area contributed by atoms with E-state index in [2.05, 4.69) is 6.92 Å². The fourth-order valence-electron chi connectivity index (χ4n) is 9.01. The van der Waals surface area contributed by atoms with E-state index in [1.807, 2.05) is 0 Å². The van der Waals surface area contributed by atoms with E-state index in [0.29, 0.717) is 34.7 Å². The second-order valence-corrected chi connectivity index (χ2v) is 11.0. The predicted molar refractivity (Wildman–Crippen MR) is 95.5 cm³/mol. The average Bonchev–Trinajstić information content (AvgIpc) is 3.10. The van der Waals surface area contributed by atoms with Crippen LogP contribution in [0.15, 0.2) is 0 Å². The summed E-state index contributed by atoms with van der Waals surface area (Å²) < 4.78 is 0. The largest absolute Gasteiger partial charge is 0.396 e. The fourth-order valence-corrected chi connectivity index (χ4v) is 9.01. The number of aliphatic hydroxyl groups excluding tert-OH is 1. The minimum atomic E-state index is -0.365. The van der Waals surface area contributed by atoms with E-state index in [-0.39, 0.29) is 5.60 Å². The lowest BCUT2D eigenvalue weighted by molar-refractivity contribution is -0.205. The average molecular weight is 333 g/mol. The van der Waals surface area contributed by atoms with E-state index >= 15 is 0 Å². The van der Waals surface area contributed by atoms with Crippen LogP contribution in [0.3, 0.4) is 0 Å². The van der Waals surface area contributed by atoms with Crippen LogP contribution < -0.4 is 0 Å². The molecule has 0 amide bonds. The Hall–Kier alpha value is -0.0800. The van der Waals surface area contributed by atoms with E-state index < -0.39 is 0 Å². The molecular formula is C22H36O2. The number of rotatable bonds is 1. The van der Waals surface area contributed by atoms with Crippen molar-refractivity contribution in [3.63, 3.8) is 0 Å². The first-order valence-electron chi connectivity index (χ1n) is 10.8. The SMILES string of the molecule is C[C@@]12CCC[C@@](O)(C1)[C@@H]1C[C@@]3(C[C@@H](CO)CC34CCCC4)[C@@H]1CC2. The highest BCUT2D eigenvalue weighted by Gasteiger charge is 2.71. The van der Waals surface area contributed by atoms with Crippen molar-refractivity contribution < 1.29 is 10.2 Å². The second-order valence-electron chi connectivity index (χ2n) is 11.0. The molecule has 2 heteroatoms. The van der Waals surface area contributed by atoms with Gasteiger partial charge in [-0.15, -0.1) is 0 Å². The third-order valence-electron chi connectivity index (χ3n) is 9.86. The van der Waals surface area contributed by atoms with Gasteiger partial charge in [-0.3, -0.25) is 0 Å². The highest BCUT2D eigenvalue weighted by molar-refractivity contribution is 5.21. The molecule has 0 saturated heterocycles. The van der Waals surface area contributed by atoms with Gasteiger partial charge in [0.05, 0.1) is 5.60 Å². The molecule has 0 heterocycles. The first-order valence-corrected chi connectivity index (χ1v) is 10.8. The van der Waals surface area contributed by atoms with Crippen LogP contribution in [0.1, 0.15) is 90.4 Å². The first kappa shape index (κ1) is 16.1. The minimum Gasteiger partial charge on any atom is -0.396 e. The molecule has 24 heavy (non-hydrogen) atoms. The lowest BCUT2D eigenvalue weighted by Crippen LogP contribution is -2.61. The molecule has 0 radical (unpaired) electrons. The van der Waals surface area contributed by atoms with Crippen molar-refractivity contribution in [1.29, 1.82) is 0 Å². The zero-order chi connectivity index (χ0) is 16.6. The molecule has 5 saturated carbocycles. The fraction of sp³-hybridized carbons (Fsp3) is 1.00. The van der Waals surface area contributed by atoms with Gasteiger partial charge in [0.15, 0.2) is 0 Å². The second kappa shape index (κ2) is 5.00. The van der Waals surface area contributed by atoms with Crippen LogP contribution >= 0.6 is 0 Å². The molecule has 0 aromatic carbocycles. The molecule has 6 atom stereocenters. The summed E-state index contributed by atoms with van der Waals surface area (Å²) in [6.07, 6.45) is 16.8. The van der Waals surface area contributed by atoms with E-state index in [0.717, 1.165) is 18.8 Å². The Bertz CT molecular complexity index is 524. The topological polar surface area (TPSA) is 40.5 Å². The Morgan fingerprint density at radius 3 is 2.42 bits per heavy atom. The quantitative estimate of drug-likeness (QED) is 0.732. The van der Waals surface area contributed by atoms with Crippen molar-refractivity contribution >= 4 is 0 Å². The maximum Gasteiger partial charge on any atom is 0.0684 e. The number of hydrogen-bond acceptors (Lipinski definition) is 2. The van der Waals surface area contributed by atoms with Crippen molar-refractivity contribution in [2.24, 2.45) is 34.0 Å². The van der Waals surface area contributed by atoms with Gasteiger partial charge in [0.2, 0.25) is 0 Å². The third kappa shape index (κ3) is 1.91. The molecule has 0 aromatic heterocycles. The van der Waals surface area contributed by atoms with Crippen molar-refractivity contribution in [3.05, 3.63) is 0 Å². The molecule has 2 bridgehead atoms. The molecule has 2 spiro atoms. The van der Waals surface area contributed by atoms with Crippen LogP contribution in [0.5, 0.6) is 0 Å². The van der Waals surface area contributed by atoms with E-state index in [4.69, 9.17) is 0 Å². The molecule has 5 fully saturated rings. The Kier molecular flexibility index (Phi) is 3.36. The maximum absolute atomic E-state index is 11.6. The highest BCUT2D eigenvalue weighted by Crippen LogP contribution is 2.78. The molecular weight excluding hydrogens is 296 g/mol. The number of aliphatic hydroxyl groups is 2. The zero-order valence-corrected chi connectivity index (χ0v) is 15.5.